The first-order chi connectivity index (χ1) is 12.3. The SMILES string of the molecule is CCc1ccc(CCC(=O)NC[C@H](c2cccs2)N2CCCC2)cc1. The third-order valence-corrected chi connectivity index (χ3v) is 5.99. The number of carbonyl (C=O) groups is 1. The van der Waals surface area contributed by atoms with Gasteiger partial charge in [-0.25, -0.2) is 0 Å². The van der Waals surface area contributed by atoms with Gasteiger partial charge in [-0.15, -0.1) is 11.3 Å². The van der Waals surface area contributed by atoms with Crippen LogP contribution in [0.15, 0.2) is 41.8 Å². The van der Waals surface area contributed by atoms with Crippen LogP contribution in [0.5, 0.6) is 0 Å². The highest BCUT2D eigenvalue weighted by molar-refractivity contribution is 7.10. The Labute approximate surface area is 155 Å². The summed E-state index contributed by atoms with van der Waals surface area (Å²) in [6, 6.07) is 13.2. The Kier molecular flexibility index (Phi) is 6.65. The predicted molar refractivity (Wildman–Crippen MR) is 105 cm³/mol. The molecule has 134 valence electrons. The molecule has 1 aromatic heterocycles. The predicted octanol–water partition coefficient (Wildman–Crippen LogP) is 4.20. The van der Waals surface area contributed by atoms with Crippen LogP contribution < -0.4 is 5.32 Å². The van der Waals surface area contributed by atoms with Crippen LogP contribution in [0.25, 0.3) is 0 Å². The molecule has 0 unspecified atom stereocenters. The summed E-state index contributed by atoms with van der Waals surface area (Å²) in [6.07, 6.45) is 4.96. The van der Waals surface area contributed by atoms with Crippen molar-refractivity contribution in [1.29, 1.82) is 0 Å². The molecule has 0 saturated carbocycles. The lowest BCUT2D eigenvalue weighted by atomic mass is 10.1. The second-order valence-corrected chi connectivity index (χ2v) is 7.73. The molecule has 0 spiro atoms. The van der Waals surface area contributed by atoms with Crippen LogP contribution >= 0.6 is 11.3 Å². The molecule has 1 amide bonds. The summed E-state index contributed by atoms with van der Waals surface area (Å²) in [5.41, 5.74) is 2.58. The summed E-state index contributed by atoms with van der Waals surface area (Å²) >= 11 is 1.79. The third kappa shape index (κ3) is 5.16. The van der Waals surface area contributed by atoms with Gasteiger partial charge in [-0.1, -0.05) is 37.3 Å². The zero-order chi connectivity index (χ0) is 17.5. The maximum Gasteiger partial charge on any atom is 0.220 e. The van der Waals surface area contributed by atoms with E-state index in [0.717, 1.165) is 25.9 Å². The number of amides is 1. The van der Waals surface area contributed by atoms with E-state index in [0.29, 0.717) is 19.0 Å². The number of aryl methyl sites for hydroxylation is 2. The molecule has 1 saturated heterocycles. The molecule has 0 radical (unpaired) electrons. The van der Waals surface area contributed by atoms with Crippen molar-refractivity contribution in [3.63, 3.8) is 0 Å². The molecule has 25 heavy (non-hydrogen) atoms. The molecule has 1 atom stereocenters. The van der Waals surface area contributed by atoms with Crippen LogP contribution in [0.4, 0.5) is 0 Å². The van der Waals surface area contributed by atoms with Crippen molar-refractivity contribution in [3.05, 3.63) is 57.8 Å². The van der Waals surface area contributed by atoms with E-state index in [1.165, 1.54) is 28.8 Å². The Morgan fingerprint density at radius 2 is 1.88 bits per heavy atom. The molecule has 1 fully saturated rings. The van der Waals surface area contributed by atoms with Gasteiger partial charge < -0.3 is 5.32 Å². The minimum atomic E-state index is 0.153. The van der Waals surface area contributed by atoms with Crippen LogP contribution in [0.2, 0.25) is 0 Å². The van der Waals surface area contributed by atoms with E-state index >= 15 is 0 Å². The second-order valence-electron chi connectivity index (χ2n) is 6.75. The van der Waals surface area contributed by atoms with Crippen molar-refractivity contribution >= 4 is 17.2 Å². The van der Waals surface area contributed by atoms with E-state index in [4.69, 9.17) is 0 Å². The van der Waals surface area contributed by atoms with E-state index in [9.17, 15) is 4.79 Å². The maximum atomic E-state index is 12.3. The largest absolute Gasteiger partial charge is 0.354 e. The number of benzene rings is 1. The fourth-order valence-corrected chi connectivity index (χ4v) is 4.30. The van der Waals surface area contributed by atoms with Crippen LogP contribution in [0.3, 0.4) is 0 Å². The maximum absolute atomic E-state index is 12.3. The zero-order valence-electron chi connectivity index (χ0n) is 15.0. The molecule has 3 rings (SSSR count). The number of rotatable bonds is 8. The normalized spacial score (nSPS) is 16.0. The minimum Gasteiger partial charge on any atom is -0.354 e. The molecule has 1 aliphatic heterocycles. The highest BCUT2D eigenvalue weighted by atomic mass is 32.1. The molecule has 4 heteroatoms. The van der Waals surface area contributed by atoms with Crippen molar-refractivity contribution in [2.45, 2.75) is 45.1 Å². The van der Waals surface area contributed by atoms with E-state index < -0.39 is 0 Å². The van der Waals surface area contributed by atoms with E-state index in [2.05, 4.69) is 58.9 Å². The first kappa shape index (κ1) is 18.2. The monoisotopic (exact) mass is 356 g/mol. The van der Waals surface area contributed by atoms with Crippen LogP contribution in [0.1, 0.15) is 48.2 Å². The molecular weight excluding hydrogens is 328 g/mol. The lowest BCUT2D eigenvalue weighted by Gasteiger charge is -2.26. The Morgan fingerprint density at radius 1 is 1.16 bits per heavy atom. The first-order valence-electron chi connectivity index (χ1n) is 9.38. The molecule has 2 aromatic rings. The van der Waals surface area contributed by atoms with Gasteiger partial charge in [0.1, 0.15) is 0 Å². The highest BCUT2D eigenvalue weighted by Crippen LogP contribution is 2.27. The molecule has 1 aromatic carbocycles. The summed E-state index contributed by atoms with van der Waals surface area (Å²) in [5.74, 6) is 0.153. The average molecular weight is 357 g/mol. The van der Waals surface area contributed by atoms with E-state index in [1.54, 1.807) is 11.3 Å². The van der Waals surface area contributed by atoms with Crippen molar-refractivity contribution in [2.24, 2.45) is 0 Å². The third-order valence-electron chi connectivity index (χ3n) is 5.02. The second kappa shape index (κ2) is 9.16. The summed E-state index contributed by atoms with van der Waals surface area (Å²) < 4.78 is 0. The van der Waals surface area contributed by atoms with Gasteiger partial charge in [-0.3, -0.25) is 9.69 Å². The molecule has 2 heterocycles. The number of nitrogens with zero attached hydrogens (tertiary/aromatic N) is 1. The van der Waals surface area contributed by atoms with Crippen molar-refractivity contribution < 1.29 is 4.79 Å². The van der Waals surface area contributed by atoms with Crippen molar-refractivity contribution in [1.82, 2.24) is 10.2 Å². The first-order valence-corrected chi connectivity index (χ1v) is 10.3. The molecule has 1 N–H and O–H groups in total. The van der Waals surface area contributed by atoms with Gasteiger partial charge in [-0.2, -0.15) is 0 Å². The van der Waals surface area contributed by atoms with E-state index in [1.807, 2.05) is 0 Å². The Balaban J connectivity index is 1.49. The Hall–Kier alpha value is -1.65. The molecule has 0 bridgehead atoms. The zero-order valence-corrected chi connectivity index (χ0v) is 15.9. The van der Waals surface area contributed by atoms with Gasteiger partial charge in [0.25, 0.3) is 0 Å². The number of likely N-dealkylation sites (tertiary alicyclic amines) is 1. The topological polar surface area (TPSA) is 32.3 Å². The summed E-state index contributed by atoms with van der Waals surface area (Å²) in [4.78, 5) is 16.2. The van der Waals surface area contributed by atoms with Crippen LogP contribution in [0, 0.1) is 0 Å². The minimum absolute atomic E-state index is 0.153. The molecule has 0 aliphatic carbocycles. The molecule has 1 aliphatic rings. The average Bonchev–Trinajstić information content (AvgIpc) is 3.35. The standard InChI is InChI=1S/C21H28N2OS/c1-2-17-7-9-18(10-8-17)11-12-21(24)22-16-19(20-6-5-15-25-20)23-13-3-4-14-23/h5-10,15,19H,2-4,11-14,16H2,1H3,(H,22,24)/t19-/m1/s1. The molecular formula is C21H28N2OS. The number of nitrogens with one attached hydrogen (secondary N) is 1. The van der Waals surface area contributed by atoms with Crippen molar-refractivity contribution in [3.8, 4) is 0 Å². The van der Waals surface area contributed by atoms with Crippen LogP contribution in [-0.2, 0) is 17.6 Å². The van der Waals surface area contributed by atoms with Gasteiger partial charge in [0.15, 0.2) is 0 Å². The van der Waals surface area contributed by atoms with Gasteiger partial charge in [-0.05, 0) is 61.3 Å². The van der Waals surface area contributed by atoms with Crippen molar-refractivity contribution in [2.75, 3.05) is 19.6 Å². The fourth-order valence-electron chi connectivity index (χ4n) is 3.44. The van der Waals surface area contributed by atoms with Gasteiger partial charge in [0, 0.05) is 17.8 Å². The van der Waals surface area contributed by atoms with Gasteiger partial charge >= 0.3 is 0 Å². The van der Waals surface area contributed by atoms with Gasteiger partial charge in [0.2, 0.25) is 5.91 Å². The smallest absolute Gasteiger partial charge is 0.220 e. The summed E-state index contributed by atoms with van der Waals surface area (Å²) in [5, 5.41) is 5.29. The lowest BCUT2D eigenvalue weighted by molar-refractivity contribution is -0.121. The van der Waals surface area contributed by atoms with Crippen LogP contribution in [-0.4, -0.2) is 30.4 Å². The highest BCUT2D eigenvalue weighted by Gasteiger charge is 2.24. The number of carbonyl (C=O) groups excluding carboxylic acids is 1. The number of hydrogen-bond acceptors (Lipinski definition) is 3. The number of hydrogen-bond donors (Lipinski definition) is 1. The Morgan fingerprint density at radius 3 is 2.52 bits per heavy atom. The fraction of sp³-hybridized carbons (Fsp3) is 0.476. The Bertz CT molecular complexity index is 645. The quantitative estimate of drug-likeness (QED) is 0.769. The van der Waals surface area contributed by atoms with Gasteiger partial charge in [0.05, 0.1) is 6.04 Å². The lowest BCUT2D eigenvalue weighted by Crippen LogP contribution is -2.36. The summed E-state index contributed by atoms with van der Waals surface area (Å²) in [6.45, 7) is 5.16. The molecule has 3 nitrogen and oxygen atoms in total. The number of thiophene rings is 1. The van der Waals surface area contributed by atoms with E-state index in [-0.39, 0.29) is 5.91 Å². The summed E-state index contributed by atoms with van der Waals surface area (Å²) in [7, 11) is 0.